The van der Waals surface area contributed by atoms with Gasteiger partial charge in [0.25, 0.3) is 0 Å². The van der Waals surface area contributed by atoms with Gasteiger partial charge in [0, 0.05) is 24.7 Å². The summed E-state index contributed by atoms with van der Waals surface area (Å²) in [7, 11) is 2.01. The highest BCUT2D eigenvalue weighted by molar-refractivity contribution is 5.22. The SMILES string of the molecule is Cc1cnn(C)c1C1CCCC1N. The maximum absolute atomic E-state index is 6.07. The molecule has 0 radical (unpaired) electrons. The van der Waals surface area contributed by atoms with Gasteiger partial charge in [-0.3, -0.25) is 4.68 Å². The zero-order valence-corrected chi connectivity index (χ0v) is 8.33. The molecule has 0 bridgehead atoms. The van der Waals surface area contributed by atoms with Crippen LogP contribution in [0.5, 0.6) is 0 Å². The number of aryl methyl sites for hydroxylation is 2. The maximum atomic E-state index is 6.07. The van der Waals surface area contributed by atoms with Crippen molar-refractivity contribution in [1.29, 1.82) is 0 Å². The molecule has 0 spiro atoms. The lowest BCUT2D eigenvalue weighted by molar-refractivity contribution is 0.556. The maximum Gasteiger partial charge on any atom is 0.0521 e. The molecule has 0 aromatic carbocycles. The molecule has 3 heteroatoms. The largest absolute Gasteiger partial charge is 0.327 e. The van der Waals surface area contributed by atoms with Crippen LogP contribution in [-0.2, 0) is 7.05 Å². The lowest BCUT2D eigenvalue weighted by Crippen LogP contribution is -2.24. The van der Waals surface area contributed by atoms with E-state index >= 15 is 0 Å². The van der Waals surface area contributed by atoms with Crippen molar-refractivity contribution in [3.05, 3.63) is 17.5 Å². The van der Waals surface area contributed by atoms with Crippen molar-refractivity contribution in [1.82, 2.24) is 9.78 Å². The highest BCUT2D eigenvalue weighted by Crippen LogP contribution is 2.34. The van der Waals surface area contributed by atoms with E-state index in [2.05, 4.69) is 12.0 Å². The van der Waals surface area contributed by atoms with Gasteiger partial charge in [-0.2, -0.15) is 5.10 Å². The van der Waals surface area contributed by atoms with E-state index in [4.69, 9.17) is 5.73 Å². The summed E-state index contributed by atoms with van der Waals surface area (Å²) in [6, 6.07) is 0.342. The molecule has 2 atom stereocenters. The number of hydrogen-bond acceptors (Lipinski definition) is 2. The Morgan fingerprint density at radius 2 is 2.31 bits per heavy atom. The van der Waals surface area contributed by atoms with Crippen molar-refractivity contribution in [3.63, 3.8) is 0 Å². The fourth-order valence-corrected chi connectivity index (χ4v) is 2.42. The first-order valence-electron chi connectivity index (χ1n) is 4.94. The van der Waals surface area contributed by atoms with Crippen molar-refractivity contribution in [2.45, 2.75) is 38.1 Å². The van der Waals surface area contributed by atoms with Crippen LogP contribution in [0.2, 0.25) is 0 Å². The minimum atomic E-state index is 0.342. The second-order valence-corrected chi connectivity index (χ2v) is 4.04. The van der Waals surface area contributed by atoms with E-state index in [0.29, 0.717) is 12.0 Å². The van der Waals surface area contributed by atoms with Crippen LogP contribution >= 0.6 is 0 Å². The van der Waals surface area contributed by atoms with E-state index in [9.17, 15) is 0 Å². The topological polar surface area (TPSA) is 43.8 Å². The third-order valence-electron chi connectivity index (χ3n) is 3.10. The zero-order chi connectivity index (χ0) is 9.42. The Labute approximate surface area is 78.9 Å². The summed E-state index contributed by atoms with van der Waals surface area (Å²) in [4.78, 5) is 0. The third-order valence-corrected chi connectivity index (χ3v) is 3.10. The first kappa shape index (κ1) is 8.75. The van der Waals surface area contributed by atoms with Crippen LogP contribution in [-0.4, -0.2) is 15.8 Å². The Kier molecular flexibility index (Phi) is 2.12. The van der Waals surface area contributed by atoms with Gasteiger partial charge in [0.05, 0.1) is 6.20 Å². The highest BCUT2D eigenvalue weighted by Gasteiger charge is 2.28. The summed E-state index contributed by atoms with van der Waals surface area (Å²) in [5, 5.41) is 4.26. The van der Waals surface area contributed by atoms with E-state index in [0.717, 1.165) is 6.42 Å². The van der Waals surface area contributed by atoms with Gasteiger partial charge in [-0.25, -0.2) is 0 Å². The molecule has 3 nitrogen and oxygen atoms in total. The Morgan fingerprint density at radius 1 is 1.54 bits per heavy atom. The number of nitrogens with two attached hydrogens (primary N) is 1. The quantitative estimate of drug-likeness (QED) is 0.706. The van der Waals surface area contributed by atoms with Crippen LogP contribution < -0.4 is 5.73 Å². The Morgan fingerprint density at radius 3 is 2.77 bits per heavy atom. The molecular weight excluding hydrogens is 162 g/mol. The lowest BCUT2D eigenvalue weighted by atomic mass is 9.97. The first-order valence-corrected chi connectivity index (χ1v) is 4.94. The van der Waals surface area contributed by atoms with Gasteiger partial charge in [0.2, 0.25) is 0 Å². The van der Waals surface area contributed by atoms with Gasteiger partial charge >= 0.3 is 0 Å². The summed E-state index contributed by atoms with van der Waals surface area (Å²) in [6.45, 7) is 2.12. The molecule has 0 aliphatic heterocycles. The molecule has 1 aliphatic carbocycles. The van der Waals surface area contributed by atoms with Gasteiger partial charge in [0.15, 0.2) is 0 Å². The number of nitrogens with zero attached hydrogens (tertiary/aromatic N) is 2. The highest BCUT2D eigenvalue weighted by atomic mass is 15.3. The fourth-order valence-electron chi connectivity index (χ4n) is 2.42. The van der Waals surface area contributed by atoms with E-state index < -0.39 is 0 Å². The molecule has 13 heavy (non-hydrogen) atoms. The van der Waals surface area contributed by atoms with E-state index in [-0.39, 0.29) is 0 Å². The molecule has 1 heterocycles. The van der Waals surface area contributed by atoms with Gasteiger partial charge < -0.3 is 5.73 Å². The van der Waals surface area contributed by atoms with Gasteiger partial charge in [-0.15, -0.1) is 0 Å². The molecule has 0 saturated heterocycles. The Balaban J connectivity index is 2.33. The average molecular weight is 179 g/mol. The van der Waals surface area contributed by atoms with Crippen molar-refractivity contribution in [2.75, 3.05) is 0 Å². The van der Waals surface area contributed by atoms with Crippen LogP contribution in [0, 0.1) is 6.92 Å². The van der Waals surface area contributed by atoms with Crippen LogP contribution in [0.25, 0.3) is 0 Å². The minimum absolute atomic E-state index is 0.342. The fraction of sp³-hybridized carbons (Fsp3) is 0.700. The molecule has 2 unspecified atom stereocenters. The number of aromatic nitrogens is 2. The van der Waals surface area contributed by atoms with E-state index in [1.807, 2.05) is 17.9 Å². The molecule has 72 valence electrons. The van der Waals surface area contributed by atoms with Crippen LogP contribution in [0.15, 0.2) is 6.20 Å². The van der Waals surface area contributed by atoms with Crippen LogP contribution in [0.4, 0.5) is 0 Å². The summed E-state index contributed by atoms with van der Waals surface area (Å²) < 4.78 is 1.98. The smallest absolute Gasteiger partial charge is 0.0521 e. The molecule has 2 rings (SSSR count). The van der Waals surface area contributed by atoms with Gasteiger partial charge in [-0.05, 0) is 25.3 Å². The molecule has 1 aromatic rings. The first-order chi connectivity index (χ1) is 6.20. The summed E-state index contributed by atoms with van der Waals surface area (Å²) in [6.07, 6.45) is 5.58. The van der Waals surface area contributed by atoms with Crippen molar-refractivity contribution in [3.8, 4) is 0 Å². The zero-order valence-electron chi connectivity index (χ0n) is 8.33. The standard InChI is InChI=1S/C10H17N3/c1-7-6-12-13(2)10(7)8-4-3-5-9(8)11/h6,8-9H,3-5,11H2,1-2H3. The monoisotopic (exact) mass is 179 g/mol. The number of rotatable bonds is 1. The van der Waals surface area contributed by atoms with E-state index in [1.165, 1.54) is 24.1 Å². The van der Waals surface area contributed by atoms with Crippen molar-refractivity contribution < 1.29 is 0 Å². The Bertz CT molecular complexity index is 284. The van der Waals surface area contributed by atoms with Crippen molar-refractivity contribution >= 4 is 0 Å². The third kappa shape index (κ3) is 1.37. The molecule has 1 aromatic heterocycles. The van der Waals surface area contributed by atoms with Crippen LogP contribution in [0.1, 0.15) is 36.4 Å². The van der Waals surface area contributed by atoms with Crippen molar-refractivity contribution in [2.24, 2.45) is 12.8 Å². The van der Waals surface area contributed by atoms with Gasteiger partial charge in [0.1, 0.15) is 0 Å². The average Bonchev–Trinajstić information content (AvgIpc) is 2.60. The second-order valence-electron chi connectivity index (χ2n) is 4.04. The van der Waals surface area contributed by atoms with Gasteiger partial charge in [-0.1, -0.05) is 6.42 Å². The normalized spacial score (nSPS) is 28.2. The Hall–Kier alpha value is -0.830. The molecule has 1 saturated carbocycles. The predicted octanol–water partition coefficient (Wildman–Crippen LogP) is 1.32. The molecule has 0 amide bonds. The summed E-state index contributed by atoms with van der Waals surface area (Å²) >= 11 is 0. The van der Waals surface area contributed by atoms with Crippen LogP contribution in [0.3, 0.4) is 0 Å². The van der Waals surface area contributed by atoms with E-state index in [1.54, 1.807) is 0 Å². The lowest BCUT2D eigenvalue weighted by Gasteiger charge is -2.16. The second kappa shape index (κ2) is 3.14. The number of hydrogen-bond donors (Lipinski definition) is 1. The minimum Gasteiger partial charge on any atom is -0.327 e. The molecule has 1 fully saturated rings. The molecule has 1 aliphatic rings. The predicted molar refractivity (Wildman–Crippen MR) is 52.5 cm³/mol. The summed E-state index contributed by atoms with van der Waals surface area (Å²) in [5.41, 5.74) is 8.69. The summed E-state index contributed by atoms with van der Waals surface area (Å²) in [5.74, 6) is 0.535. The molecule has 2 N–H and O–H groups in total. The molecular formula is C10H17N3.